The van der Waals surface area contributed by atoms with Gasteiger partial charge >= 0.3 is 6.03 Å². The van der Waals surface area contributed by atoms with Crippen LogP contribution < -0.4 is 15.4 Å². The van der Waals surface area contributed by atoms with E-state index in [9.17, 15) is 18.0 Å². The highest BCUT2D eigenvalue weighted by Gasteiger charge is 2.16. The summed E-state index contributed by atoms with van der Waals surface area (Å²) in [7, 11) is -3.89. The molecule has 3 N–H and O–H groups in total. The lowest BCUT2D eigenvalue weighted by Gasteiger charge is -2.10. The molecule has 31 heavy (non-hydrogen) atoms. The van der Waals surface area contributed by atoms with E-state index in [1.165, 1.54) is 30.3 Å². The molecule has 0 bridgehead atoms. The standard InChI is InChI=1S/C21H17Cl2N3O4S/c22-18-11-8-16(12-19(18)23)26-21(28)25-15-6-9-17(10-7-15)31(29,30)24-13-20(27)14-4-2-1-3-5-14/h1-12,24H,13H2,(H2,25,26,28). The highest BCUT2D eigenvalue weighted by atomic mass is 35.5. The van der Waals surface area contributed by atoms with Gasteiger partial charge in [-0.1, -0.05) is 53.5 Å². The van der Waals surface area contributed by atoms with Gasteiger partial charge in [0, 0.05) is 16.9 Å². The van der Waals surface area contributed by atoms with Crippen LogP contribution in [0, 0.1) is 0 Å². The molecule has 0 saturated carbocycles. The molecule has 3 aromatic carbocycles. The van der Waals surface area contributed by atoms with E-state index in [0.717, 1.165) is 0 Å². The molecule has 0 aliphatic carbocycles. The first-order valence-corrected chi connectivity index (χ1v) is 11.2. The predicted octanol–water partition coefficient (Wildman–Crippen LogP) is 4.80. The topological polar surface area (TPSA) is 104 Å². The SMILES string of the molecule is O=C(Nc1ccc(S(=O)(=O)NCC(=O)c2ccccc2)cc1)Nc1ccc(Cl)c(Cl)c1. The Morgan fingerprint density at radius 1 is 0.774 bits per heavy atom. The minimum absolute atomic E-state index is 0.0381. The Balaban J connectivity index is 1.58. The summed E-state index contributed by atoms with van der Waals surface area (Å²) in [6.07, 6.45) is 0. The van der Waals surface area contributed by atoms with Gasteiger partial charge in [-0.2, -0.15) is 0 Å². The number of carbonyl (C=O) groups is 2. The largest absolute Gasteiger partial charge is 0.323 e. The molecule has 2 amide bonds. The van der Waals surface area contributed by atoms with E-state index in [2.05, 4.69) is 15.4 Å². The van der Waals surface area contributed by atoms with Gasteiger partial charge in [0.15, 0.2) is 5.78 Å². The van der Waals surface area contributed by atoms with Crippen molar-refractivity contribution in [1.29, 1.82) is 0 Å². The van der Waals surface area contributed by atoms with Crippen LogP contribution in [0.25, 0.3) is 0 Å². The molecule has 10 heteroatoms. The third-order valence-electron chi connectivity index (χ3n) is 4.12. The number of hydrogen-bond acceptors (Lipinski definition) is 4. The molecule has 0 unspecified atom stereocenters. The second-order valence-electron chi connectivity index (χ2n) is 6.35. The Hall–Kier alpha value is -2.91. The third-order valence-corrected chi connectivity index (χ3v) is 6.27. The molecule has 0 saturated heterocycles. The zero-order chi connectivity index (χ0) is 22.4. The smallest absolute Gasteiger partial charge is 0.308 e. The van der Waals surface area contributed by atoms with E-state index in [-0.39, 0.29) is 17.2 Å². The van der Waals surface area contributed by atoms with Crippen molar-refractivity contribution >= 4 is 56.4 Å². The third kappa shape index (κ3) is 6.28. The Labute approximate surface area is 189 Å². The van der Waals surface area contributed by atoms with Crippen molar-refractivity contribution in [2.24, 2.45) is 0 Å². The lowest BCUT2D eigenvalue weighted by Crippen LogP contribution is -2.29. The molecule has 3 rings (SSSR count). The second-order valence-corrected chi connectivity index (χ2v) is 8.93. The minimum Gasteiger partial charge on any atom is -0.308 e. The molecule has 0 heterocycles. The van der Waals surface area contributed by atoms with Gasteiger partial charge in [-0.05, 0) is 42.5 Å². The highest BCUT2D eigenvalue weighted by molar-refractivity contribution is 7.89. The van der Waals surface area contributed by atoms with Crippen molar-refractivity contribution in [3.05, 3.63) is 88.4 Å². The Bertz CT molecular complexity index is 1200. The predicted molar refractivity (Wildman–Crippen MR) is 122 cm³/mol. The molecule has 0 aromatic heterocycles. The molecule has 7 nitrogen and oxygen atoms in total. The second kappa shape index (κ2) is 9.93. The number of Topliss-reactive ketones (excluding diaryl/α,β-unsaturated/α-hetero) is 1. The molecule has 0 radical (unpaired) electrons. The van der Waals surface area contributed by atoms with Crippen LogP contribution in [-0.4, -0.2) is 26.8 Å². The summed E-state index contributed by atoms with van der Waals surface area (Å²) in [5, 5.41) is 5.83. The van der Waals surface area contributed by atoms with E-state index in [4.69, 9.17) is 23.2 Å². The molecule has 160 valence electrons. The van der Waals surface area contributed by atoms with Crippen molar-refractivity contribution in [3.8, 4) is 0 Å². The molecule has 0 fully saturated rings. The van der Waals surface area contributed by atoms with E-state index in [1.807, 2.05) is 0 Å². The summed E-state index contributed by atoms with van der Waals surface area (Å²) in [6.45, 7) is -0.363. The Kier molecular flexibility index (Phi) is 7.29. The van der Waals surface area contributed by atoms with Crippen LogP contribution in [0.1, 0.15) is 10.4 Å². The van der Waals surface area contributed by atoms with E-state index in [1.54, 1.807) is 42.5 Å². The summed E-state index contributed by atoms with van der Waals surface area (Å²) >= 11 is 11.7. The van der Waals surface area contributed by atoms with E-state index < -0.39 is 16.1 Å². The van der Waals surface area contributed by atoms with Gasteiger partial charge in [0.25, 0.3) is 0 Å². The fraction of sp³-hybridized carbons (Fsp3) is 0.0476. The van der Waals surface area contributed by atoms with Crippen molar-refractivity contribution in [2.75, 3.05) is 17.2 Å². The highest BCUT2D eigenvalue weighted by Crippen LogP contribution is 2.25. The van der Waals surface area contributed by atoms with Crippen LogP contribution in [0.5, 0.6) is 0 Å². The molecule has 0 aliphatic heterocycles. The molecular weight excluding hydrogens is 461 g/mol. The summed E-state index contributed by atoms with van der Waals surface area (Å²) in [5.74, 6) is -0.346. The average molecular weight is 478 g/mol. The average Bonchev–Trinajstić information content (AvgIpc) is 2.75. The summed E-state index contributed by atoms with van der Waals surface area (Å²) in [4.78, 5) is 24.2. The number of urea groups is 1. The molecular formula is C21H17Cl2N3O4S. The lowest BCUT2D eigenvalue weighted by atomic mass is 10.1. The number of rotatable bonds is 7. The van der Waals surface area contributed by atoms with Crippen LogP contribution in [0.2, 0.25) is 10.0 Å². The number of ketones is 1. The maximum atomic E-state index is 12.4. The first-order chi connectivity index (χ1) is 14.7. The van der Waals surface area contributed by atoms with Gasteiger partial charge in [-0.25, -0.2) is 17.9 Å². The first-order valence-electron chi connectivity index (χ1n) is 8.95. The van der Waals surface area contributed by atoms with Crippen LogP contribution in [-0.2, 0) is 10.0 Å². The van der Waals surface area contributed by atoms with Gasteiger partial charge in [0.2, 0.25) is 10.0 Å². The lowest BCUT2D eigenvalue weighted by molar-refractivity contribution is 0.0997. The van der Waals surface area contributed by atoms with Crippen molar-refractivity contribution in [2.45, 2.75) is 4.90 Å². The number of benzene rings is 3. The van der Waals surface area contributed by atoms with Gasteiger partial charge in [0.1, 0.15) is 0 Å². The quantitative estimate of drug-likeness (QED) is 0.425. The zero-order valence-electron chi connectivity index (χ0n) is 15.9. The number of hydrogen-bond donors (Lipinski definition) is 3. The maximum Gasteiger partial charge on any atom is 0.323 e. The van der Waals surface area contributed by atoms with Crippen LogP contribution in [0.3, 0.4) is 0 Å². The monoisotopic (exact) mass is 477 g/mol. The maximum absolute atomic E-state index is 12.4. The fourth-order valence-corrected chi connectivity index (χ4v) is 3.84. The van der Waals surface area contributed by atoms with Crippen molar-refractivity contribution in [1.82, 2.24) is 4.72 Å². The molecule has 3 aromatic rings. The van der Waals surface area contributed by atoms with Crippen molar-refractivity contribution < 1.29 is 18.0 Å². The molecule has 0 spiro atoms. The zero-order valence-corrected chi connectivity index (χ0v) is 18.3. The van der Waals surface area contributed by atoms with E-state index in [0.29, 0.717) is 27.0 Å². The summed E-state index contributed by atoms with van der Waals surface area (Å²) < 4.78 is 27.1. The van der Waals surface area contributed by atoms with Crippen LogP contribution in [0.4, 0.5) is 16.2 Å². The van der Waals surface area contributed by atoms with Gasteiger partial charge in [0.05, 0.1) is 21.5 Å². The van der Waals surface area contributed by atoms with Crippen molar-refractivity contribution in [3.63, 3.8) is 0 Å². The first kappa shape index (κ1) is 22.8. The fourth-order valence-electron chi connectivity index (χ4n) is 2.55. The van der Waals surface area contributed by atoms with Gasteiger partial charge < -0.3 is 10.6 Å². The molecule has 0 aliphatic rings. The summed E-state index contributed by atoms with van der Waals surface area (Å²) in [6, 6.07) is 18.0. The number of nitrogens with one attached hydrogen (secondary N) is 3. The Morgan fingerprint density at radius 3 is 2.03 bits per heavy atom. The van der Waals surface area contributed by atoms with Gasteiger partial charge in [-0.15, -0.1) is 0 Å². The van der Waals surface area contributed by atoms with Crippen LogP contribution in [0.15, 0.2) is 77.7 Å². The number of amides is 2. The summed E-state index contributed by atoms with van der Waals surface area (Å²) in [5.41, 5.74) is 1.23. The number of halogens is 2. The van der Waals surface area contributed by atoms with E-state index >= 15 is 0 Å². The van der Waals surface area contributed by atoms with Crippen LogP contribution >= 0.6 is 23.2 Å². The minimum atomic E-state index is -3.89. The molecule has 0 atom stereocenters. The number of carbonyl (C=O) groups excluding carboxylic acids is 2. The number of sulfonamides is 1. The Morgan fingerprint density at radius 2 is 1.39 bits per heavy atom. The number of anilines is 2. The normalized spacial score (nSPS) is 11.0. The van der Waals surface area contributed by atoms with Gasteiger partial charge in [-0.3, -0.25) is 4.79 Å².